The van der Waals surface area contributed by atoms with E-state index in [9.17, 15) is 5.11 Å². The molecule has 0 aromatic rings. The number of rotatable bonds is 3. The van der Waals surface area contributed by atoms with Crippen LogP contribution >= 0.6 is 15.9 Å². The van der Waals surface area contributed by atoms with E-state index in [-0.39, 0.29) is 11.5 Å². The molecule has 0 radical (unpaired) electrons. The molecule has 0 saturated carbocycles. The Morgan fingerprint density at radius 2 is 2.18 bits per heavy atom. The maximum Gasteiger partial charge on any atom is 0.0585 e. The van der Waals surface area contributed by atoms with Gasteiger partial charge in [-0.25, -0.2) is 0 Å². The summed E-state index contributed by atoms with van der Waals surface area (Å²) < 4.78 is 0. The zero-order valence-electron chi connectivity index (χ0n) is 11.3. The smallest absolute Gasteiger partial charge is 0.0585 e. The first-order valence-electron chi connectivity index (χ1n) is 6.16. The third-order valence-corrected chi connectivity index (χ3v) is 3.71. The molecule has 1 N–H and O–H groups in total. The predicted molar refractivity (Wildman–Crippen MR) is 78.4 cm³/mol. The molecule has 1 aliphatic rings. The fraction of sp³-hybridized carbons (Fsp3) is 0.600. The summed E-state index contributed by atoms with van der Waals surface area (Å²) in [6, 6.07) is 0. The second-order valence-electron chi connectivity index (χ2n) is 5.58. The Bertz CT molecular complexity index is 361. The van der Waals surface area contributed by atoms with Crippen molar-refractivity contribution in [1.82, 2.24) is 0 Å². The van der Waals surface area contributed by atoms with Crippen molar-refractivity contribution in [3.05, 3.63) is 34.9 Å². The molecule has 0 bridgehead atoms. The minimum atomic E-state index is -0.179. The van der Waals surface area contributed by atoms with Gasteiger partial charge in [0.2, 0.25) is 0 Å². The number of halogens is 1. The average Bonchev–Trinajstić information content (AvgIpc) is 2.14. The Hall–Kier alpha value is -0.340. The van der Waals surface area contributed by atoms with E-state index < -0.39 is 0 Å². The van der Waals surface area contributed by atoms with Crippen LogP contribution in [0.1, 0.15) is 40.5 Å². The Kier molecular flexibility index (Phi) is 5.21. The van der Waals surface area contributed by atoms with Crippen LogP contribution in [0.5, 0.6) is 0 Å². The molecule has 1 atom stereocenters. The summed E-state index contributed by atoms with van der Waals surface area (Å²) in [5.74, 6) is 0. The highest BCUT2D eigenvalue weighted by atomic mass is 79.9. The summed E-state index contributed by atoms with van der Waals surface area (Å²) in [5.41, 5.74) is 4.04. The fourth-order valence-corrected chi connectivity index (χ4v) is 3.10. The summed E-state index contributed by atoms with van der Waals surface area (Å²) in [4.78, 5) is 0. The summed E-state index contributed by atoms with van der Waals surface area (Å²) >= 11 is 3.40. The second-order valence-corrected chi connectivity index (χ2v) is 6.22. The molecule has 1 aliphatic carbocycles. The van der Waals surface area contributed by atoms with Gasteiger partial charge in [0.25, 0.3) is 0 Å². The van der Waals surface area contributed by atoms with Gasteiger partial charge in [-0.05, 0) is 37.7 Å². The van der Waals surface area contributed by atoms with E-state index in [2.05, 4.69) is 61.9 Å². The van der Waals surface area contributed by atoms with Crippen LogP contribution in [-0.4, -0.2) is 16.5 Å². The first-order valence-corrected chi connectivity index (χ1v) is 7.28. The predicted octanol–water partition coefficient (Wildman–Crippen LogP) is 4.38. The third kappa shape index (κ3) is 4.11. The normalized spacial score (nSPS) is 25.8. The van der Waals surface area contributed by atoms with Gasteiger partial charge in [0.05, 0.1) is 6.10 Å². The maximum absolute atomic E-state index is 9.82. The van der Waals surface area contributed by atoms with Crippen molar-refractivity contribution < 1.29 is 5.11 Å². The third-order valence-electron chi connectivity index (χ3n) is 3.39. The number of hydrogen-bond donors (Lipinski definition) is 1. The molecule has 17 heavy (non-hydrogen) atoms. The van der Waals surface area contributed by atoms with E-state index in [4.69, 9.17) is 0 Å². The summed E-state index contributed by atoms with van der Waals surface area (Å²) in [7, 11) is 0. The van der Waals surface area contributed by atoms with Gasteiger partial charge >= 0.3 is 0 Å². The molecule has 96 valence electrons. The quantitative estimate of drug-likeness (QED) is 0.605. The lowest BCUT2D eigenvalue weighted by atomic mass is 9.71. The molecule has 1 nitrogen and oxygen atoms in total. The highest BCUT2D eigenvalue weighted by Crippen LogP contribution is 2.40. The number of aliphatic hydroxyl groups excluding tert-OH is 1. The highest BCUT2D eigenvalue weighted by Gasteiger charge is 2.31. The van der Waals surface area contributed by atoms with Crippen molar-refractivity contribution in [2.24, 2.45) is 5.41 Å². The van der Waals surface area contributed by atoms with Crippen LogP contribution in [-0.2, 0) is 0 Å². The van der Waals surface area contributed by atoms with Crippen LogP contribution in [0.2, 0.25) is 0 Å². The van der Waals surface area contributed by atoms with Crippen molar-refractivity contribution >= 4 is 15.9 Å². The van der Waals surface area contributed by atoms with Crippen LogP contribution in [0.25, 0.3) is 0 Å². The monoisotopic (exact) mass is 298 g/mol. The molecule has 0 spiro atoms. The van der Waals surface area contributed by atoms with Gasteiger partial charge < -0.3 is 5.11 Å². The molecule has 0 aliphatic heterocycles. The van der Waals surface area contributed by atoms with Gasteiger partial charge in [-0.15, -0.1) is 0 Å². The van der Waals surface area contributed by atoms with Crippen LogP contribution in [0, 0.1) is 5.41 Å². The van der Waals surface area contributed by atoms with E-state index in [1.54, 1.807) is 0 Å². The molecular weight excluding hydrogens is 276 g/mol. The van der Waals surface area contributed by atoms with Gasteiger partial charge in [-0.1, -0.05) is 59.2 Å². The number of aliphatic hydroxyl groups is 1. The first kappa shape index (κ1) is 14.7. The fourth-order valence-electron chi connectivity index (χ4n) is 2.58. The lowest BCUT2D eigenvalue weighted by molar-refractivity contribution is 0.116. The zero-order valence-corrected chi connectivity index (χ0v) is 12.8. The molecule has 0 amide bonds. The van der Waals surface area contributed by atoms with Gasteiger partial charge in [-0.2, -0.15) is 0 Å². The van der Waals surface area contributed by atoms with Crippen molar-refractivity contribution in [1.29, 1.82) is 0 Å². The molecule has 1 unspecified atom stereocenters. The lowest BCUT2D eigenvalue weighted by Crippen LogP contribution is -2.28. The SMILES string of the molecule is CC1=C(/C=C/C(C)=C/CBr)C(C)(C)CC(O)C1. The second kappa shape index (κ2) is 6.01. The van der Waals surface area contributed by atoms with Crippen LogP contribution in [0.3, 0.4) is 0 Å². The van der Waals surface area contributed by atoms with Gasteiger partial charge in [0.15, 0.2) is 0 Å². The van der Waals surface area contributed by atoms with E-state index in [0.717, 1.165) is 18.2 Å². The van der Waals surface area contributed by atoms with Gasteiger partial charge in [0.1, 0.15) is 0 Å². The Morgan fingerprint density at radius 3 is 2.71 bits per heavy atom. The summed E-state index contributed by atoms with van der Waals surface area (Å²) in [6.45, 7) is 8.66. The first-order chi connectivity index (χ1) is 7.86. The number of allylic oxidation sites excluding steroid dienone is 5. The molecular formula is C15H23BrO. The highest BCUT2D eigenvalue weighted by molar-refractivity contribution is 9.09. The van der Waals surface area contributed by atoms with Crippen molar-refractivity contribution in [3.63, 3.8) is 0 Å². The van der Waals surface area contributed by atoms with Gasteiger partial charge in [0, 0.05) is 5.33 Å². The standard InChI is InChI=1S/C15H23BrO/c1-11(7-8-16)5-6-14-12(2)9-13(17)10-15(14,3)4/h5-7,13,17H,8-10H2,1-4H3/b6-5+,11-7+. The van der Waals surface area contributed by atoms with Crippen LogP contribution in [0.15, 0.2) is 34.9 Å². The maximum atomic E-state index is 9.82. The summed E-state index contributed by atoms with van der Waals surface area (Å²) in [6.07, 6.45) is 8.02. The van der Waals surface area contributed by atoms with Crippen LogP contribution in [0.4, 0.5) is 0 Å². The molecule has 0 heterocycles. The summed E-state index contributed by atoms with van der Waals surface area (Å²) in [5, 5.41) is 10.7. The molecule has 0 aromatic carbocycles. The molecule has 1 rings (SSSR count). The molecule has 2 heteroatoms. The number of alkyl halides is 1. The van der Waals surface area contributed by atoms with Crippen molar-refractivity contribution in [2.75, 3.05) is 5.33 Å². The number of hydrogen-bond acceptors (Lipinski definition) is 1. The Morgan fingerprint density at radius 1 is 1.53 bits per heavy atom. The topological polar surface area (TPSA) is 20.2 Å². The average molecular weight is 299 g/mol. The molecule has 0 saturated heterocycles. The Labute approximate surface area is 113 Å². The van der Waals surface area contributed by atoms with Crippen molar-refractivity contribution in [2.45, 2.75) is 46.6 Å². The minimum absolute atomic E-state index is 0.0763. The van der Waals surface area contributed by atoms with Crippen LogP contribution < -0.4 is 0 Å². The Balaban J connectivity index is 2.95. The van der Waals surface area contributed by atoms with E-state index in [0.29, 0.717) is 0 Å². The van der Waals surface area contributed by atoms with E-state index in [1.165, 1.54) is 16.7 Å². The van der Waals surface area contributed by atoms with E-state index in [1.807, 2.05) is 0 Å². The van der Waals surface area contributed by atoms with E-state index >= 15 is 0 Å². The van der Waals surface area contributed by atoms with Crippen molar-refractivity contribution in [3.8, 4) is 0 Å². The minimum Gasteiger partial charge on any atom is -0.393 e. The largest absolute Gasteiger partial charge is 0.393 e. The molecule has 0 fully saturated rings. The lowest BCUT2D eigenvalue weighted by Gasteiger charge is -2.35. The zero-order chi connectivity index (χ0) is 13.1. The van der Waals surface area contributed by atoms with Gasteiger partial charge in [-0.3, -0.25) is 0 Å². The molecule has 0 aromatic heterocycles.